The van der Waals surface area contributed by atoms with Crippen LogP contribution in [0.1, 0.15) is 27.4 Å². The van der Waals surface area contributed by atoms with Crippen LogP contribution in [0.25, 0.3) is 0 Å². The Morgan fingerprint density at radius 3 is 2.45 bits per heavy atom. The Kier molecular flexibility index (Phi) is 4.19. The molecule has 0 unspecified atom stereocenters. The number of carbonyl (C=O) groups excluding carboxylic acids is 1. The number of nitrogens with zero attached hydrogens (tertiary/aromatic N) is 4. The molecule has 0 aliphatic heterocycles. The minimum atomic E-state index is -4.71. The molecule has 0 aromatic carbocycles. The summed E-state index contributed by atoms with van der Waals surface area (Å²) in [6.45, 7) is 1.89. The number of hydrogen-bond donors (Lipinski definition) is 1. The second-order valence-electron chi connectivity index (χ2n) is 4.73. The van der Waals surface area contributed by atoms with E-state index in [2.05, 4.69) is 15.5 Å². The normalized spacial score (nSPS) is 11.8. The van der Waals surface area contributed by atoms with Gasteiger partial charge in [-0.3, -0.25) is 14.2 Å². The van der Waals surface area contributed by atoms with Crippen LogP contribution < -0.4 is 5.32 Å². The molecule has 6 nitrogen and oxygen atoms in total. The van der Waals surface area contributed by atoms with Gasteiger partial charge in [0.2, 0.25) is 0 Å². The van der Waals surface area contributed by atoms with Gasteiger partial charge < -0.3 is 5.32 Å². The molecule has 2 heterocycles. The maximum absolute atomic E-state index is 12.7. The van der Waals surface area contributed by atoms with Gasteiger partial charge in [-0.25, -0.2) is 0 Å². The van der Waals surface area contributed by atoms with Crippen LogP contribution in [-0.2, 0) is 26.8 Å². The molecule has 0 fully saturated rings. The van der Waals surface area contributed by atoms with E-state index in [0.29, 0.717) is 0 Å². The topological polar surface area (TPSA) is 64.7 Å². The Labute approximate surface area is 128 Å². The summed E-state index contributed by atoms with van der Waals surface area (Å²) in [5.74, 6) is -0.737. The molecule has 2 aromatic rings. The molecule has 0 saturated carbocycles. The van der Waals surface area contributed by atoms with Crippen molar-refractivity contribution in [3.05, 3.63) is 33.9 Å². The molecule has 120 valence electrons. The van der Waals surface area contributed by atoms with E-state index in [9.17, 15) is 18.0 Å². The van der Waals surface area contributed by atoms with E-state index in [1.807, 2.05) is 0 Å². The van der Waals surface area contributed by atoms with E-state index in [4.69, 9.17) is 11.6 Å². The van der Waals surface area contributed by atoms with E-state index in [1.165, 1.54) is 7.05 Å². The van der Waals surface area contributed by atoms with Crippen LogP contribution in [0.2, 0.25) is 5.02 Å². The van der Waals surface area contributed by atoms with Gasteiger partial charge in [-0.15, -0.1) is 0 Å². The van der Waals surface area contributed by atoms with Crippen molar-refractivity contribution in [2.75, 3.05) is 0 Å². The Balaban J connectivity index is 2.20. The lowest BCUT2D eigenvalue weighted by Gasteiger charge is -2.05. The van der Waals surface area contributed by atoms with E-state index in [0.717, 1.165) is 15.9 Å². The number of halogens is 4. The molecule has 0 spiro atoms. The predicted molar refractivity (Wildman–Crippen MR) is 72.3 cm³/mol. The highest BCUT2D eigenvalue weighted by Crippen LogP contribution is 2.35. The average Bonchev–Trinajstić information content (AvgIpc) is 2.85. The molecule has 2 rings (SSSR count). The fraction of sp³-hybridized carbons (Fsp3) is 0.417. The summed E-state index contributed by atoms with van der Waals surface area (Å²) < 4.78 is 40.5. The Bertz CT molecular complexity index is 719. The Hall–Kier alpha value is -2.03. The lowest BCUT2D eigenvalue weighted by Crippen LogP contribution is -2.25. The van der Waals surface area contributed by atoms with Crippen LogP contribution in [0.5, 0.6) is 0 Å². The zero-order chi connectivity index (χ0) is 16.7. The first-order chi connectivity index (χ1) is 10.1. The Morgan fingerprint density at radius 2 is 2.00 bits per heavy atom. The predicted octanol–water partition coefficient (Wildman–Crippen LogP) is 2.06. The molecular weight excluding hydrogens is 323 g/mol. The van der Waals surface area contributed by atoms with Gasteiger partial charge in [0.05, 0.1) is 5.69 Å². The lowest BCUT2D eigenvalue weighted by molar-refractivity contribution is -0.141. The third-order valence-corrected chi connectivity index (χ3v) is 3.39. The van der Waals surface area contributed by atoms with Crippen LogP contribution in [0, 0.1) is 6.92 Å². The summed E-state index contributed by atoms with van der Waals surface area (Å²) in [6.07, 6.45) is -3.01. The maximum atomic E-state index is 12.7. The first kappa shape index (κ1) is 16.3. The standard InChI is InChI=1S/C12H13ClF3N5O/c1-6-7(5-20(2)18-6)4-17-11(22)9-8(13)10(12(14,15)16)19-21(9)3/h5H,4H2,1-3H3,(H,17,22). The summed E-state index contributed by atoms with van der Waals surface area (Å²) in [7, 11) is 2.96. The summed E-state index contributed by atoms with van der Waals surface area (Å²) >= 11 is 5.65. The van der Waals surface area contributed by atoms with Gasteiger partial charge in [0, 0.05) is 32.4 Å². The van der Waals surface area contributed by atoms with Crippen molar-refractivity contribution in [2.45, 2.75) is 19.6 Å². The SMILES string of the molecule is Cc1nn(C)cc1CNC(=O)c1c(Cl)c(C(F)(F)F)nn1C. The summed E-state index contributed by atoms with van der Waals surface area (Å²) in [6, 6.07) is 0. The second kappa shape index (κ2) is 5.64. The molecule has 0 radical (unpaired) electrons. The minimum absolute atomic E-state index is 0.126. The first-order valence-corrected chi connectivity index (χ1v) is 6.56. The average molecular weight is 336 g/mol. The quantitative estimate of drug-likeness (QED) is 0.934. The number of nitrogens with one attached hydrogen (secondary N) is 1. The van der Waals surface area contributed by atoms with Crippen LogP contribution in [-0.4, -0.2) is 25.5 Å². The molecule has 0 aliphatic carbocycles. The van der Waals surface area contributed by atoms with Crippen molar-refractivity contribution >= 4 is 17.5 Å². The highest BCUT2D eigenvalue weighted by atomic mass is 35.5. The van der Waals surface area contributed by atoms with Gasteiger partial charge in [-0.2, -0.15) is 23.4 Å². The molecule has 1 N–H and O–H groups in total. The molecule has 10 heteroatoms. The van der Waals surface area contributed by atoms with Crippen LogP contribution >= 0.6 is 11.6 Å². The maximum Gasteiger partial charge on any atom is 0.436 e. The van der Waals surface area contributed by atoms with Gasteiger partial charge in [-0.05, 0) is 6.92 Å². The third kappa shape index (κ3) is 3.08. The van der Waals surface area contributed by atoms with Gasteiger partial charge in [0.15, 0.2) is 5.69 Å². The lowest BCUT2D eigenvalue weighted by atomic mass is 10.2. The molecular formula is C12H13ClF3N5O. The smallest absolute Gasteiger partial charge is 0.346 e. The molecule has 0 aliphatic rings. The number of amides is 1. The molecule has 1 amide bonds. The summed E-state index contributed by atoms with van der Waals surface area (Å²) in [5, 5.41) is 9.17. The van der Waals surface area contributed by atoms with Gasteiger partial charge >= 0.3 is 6.18 Å². The van der Waals surface area contributed by atoms with E-state index >= 15 is 0 Å². The fourth-order valence-electron chi connectivity index (χ4n) is 2.01. The number of rotatable bonds is 3. The second-order valence-corrected chi connectivity index (χ2v) is 5.11. The summed E-state index contributed by atoms with van der Waals surface area (Å²) in [4.78, 5) is 12.1. The van der Waals surface area contributed by atoms with Gasteiger partial charge in [-0.1, -0.05) is 11.6 Å². The highest BCUT2D eigenvalue weighted by Gasteiger charge is 2.39. The number of aryl methyl sites for hydroxylation is 3. The highest BCUT2D eigenvalue weighted by molar-refractivity contribution is 6.34. The van der Waals surface area contributed by atoms with Crippen molar-refractivity contribution in [3.8, 4) is 0 Å². The molecule has 0 saturated heterocycles. The van der Waals surface area contributed by atoms with Crippen molar-refractivity contribution < 1.29 is 18.0 Å². The number of aromatic nitrogens is 4. The van der Waals surface area contributed by atoms with Crippen molar-refractivity contribution in [3.63, 3.8) is 0 Å². The molecule has 22 heavy (non-hydrogen) atoms. The van der Waals surface area contributed by atoms with Crippen LogP contribution in [0.15, 0.2) is 6.20 Å². The zero-order valence-electron chi connectivity index (χ0n) is 12.0. The zero-order valence-corrected chi connectivity index (χ0v) is 12.7. The number of hydrogen-bond acceptors (Lipinski definition) is 3. The molecule has 2 aromatic heterocycles. The summed E-state index contributed by atoms with van der Waals surface area (Å²) in [5.41, 5.74) is -0.144. The van der Waals surface area contributed by atoms with Crippen LogP contribution in [0.3, 0.4) is 0 Å². The fourth-order valence-corrected chi connectivity index (χ4v) is 2.36. The van der Waals surface area contributed by atoms with Crippen molar-refractivity contribution in [1.29, 1.82) is 0 Å². The minimum Gasteiger partial charge on any atom is -0.346 e. The largest absolute Gasteiger partial charge is 0.436 e. The Morgan fingerprint density at radius 1 is 1.36 bits per heavy atom. The van der Waals surface area contributed by atoms with Gasteiger partial charge in [0.25, 0.3) is 5.91 Å². The van der Waals surface area contributed by atoms with Crippen LogP contribution in [0.4, 0.5) is 13.2 Å². The molecule has 0 atom stereocenters. The van der Waals surface area contributed by atoms with E-state index in [-0.39, 0.29) is 12.2 Å². The molecule has 0 bridgehead atoms. The number of carbonyl (C=O) groups is 1. The first-order valence-electron chi connectivity index (χ1n) is 6.18. The van der Waals surface area contributed by atoms with E-state index in [1.54, 1.807) is 24.9 Å². The van der Waals surface area contributed by atoms with Crippen molar-refractivity contribution in [2.24, 2.45) is 14.1 Å². The monoisotopic (exact) mass is 335 g/mol. The van der Waals surface area contributed by atoms with Crippen molar-refractivity contribution in [1.82, 2.24) is 24.9 Å². The number of alkyl halides is 3. The van der Waals surface area contributed by atoms with Gasteiger partial charge in [0.1, 0.15) is 10.7 Å². The third-order valence-electron chi connectivity index (χ3n) is 3.03. The van der Waals surface area contributed by atoms with E-state index < -0.39 is 22.8 Å².